The Morgan fingerprint density at radius 2 is 2.31 bits per heavy atom. The highest BCUT2D eigenvalue weighted by atomic mass is 16.5. The van der Waals surface area contributed by atoms with Gasteiger partial charge in [-0.05, 0) is 42.9 Å². The molecule has 0 heterocycles. The minimum absolute atomic E-state index is 0.277. The van der Waals surface area contributed by atoms with Gasteiger partial charge in [-0.2, -0.15) is 0 Å². The van der Waals surface area contributed by atoms with Crippen LogP contribution < -0.4 is 4.74 Å². The maximum Gasteiger partial charge on any atom is 0.335 e. The molecule has 0 aliphatic heterocycles. The van der Waals surface area contributed by atoms with Gasteiger partial charge in [-0.3, -0.25) is 0 Å². The van der Waals surface area contributed by atoms with Gasteiger partial charge in [0.2, 0.25) is 0 Å². The van der Waals surface area contributed by atoms with Crippen LogP contribution in [0.5, 0.6) is 5.75 Å². The molecule has 1 N–H and O–H groups in total. The Hall–Kier alpha value is -1.51. The Bertz CT molecular complexity index is 387. The van der Waals surface area contributed by atoms with Crippen molar-refractivity contribution in [3.63, 3.8) is 0 Å². The van der Waals surface area contributed by atoms with Crippen molar-refractivity contribution in [2.75, 3.05) is 6.61 Å². The zero-order chi connectivity index (χ0) is 11.5. The summed E-state index contributed by atoms with van der Waals surface area (Å²) in [7, 11) is 0. The van der Waals surface area contributed by atoms with E-state index >= 15 is 0 Å². The molecule has 1 aromatic carbocycles. The zero-order valence-corrected chi connectivity index (χ0v) is 9.35. The van der Waals surface area contributed by atoms with E-state index in [1.54, 1.807) is 24.3 Å². The highest BCUT2D eigenvalue weighted by Gasteiger charge is 2.27. The van der Waals surface area contributed by atoms with Crippen LogP contribution in [0, 0.1) is 11.8 Å². The first-order chi connectivity index (χ1) is 7.66. The van der Waals surface area contributed by atoms with Gasteiger partial charge in [-0.15, -0.1) is 0 Å². The van der Waals surface area contributed by atoms with Crippen molar-refractivity contribution in [3.8, 4) is 5.75 Å². The molecular weight excluding hydrogens is 204 g/mol. The number of carbonyl (C=O) groups is 1. The van der Waals surface area contributed by atoms with Crippen LogP contribution in [0.25, 0.3) is 0 Å². The van der Waals surface area contributed by atoms with Gasteiger partial charge in [0.05, 0.1) is 12.2 Å². The van der Waals surface area contributed by atoms with E-state index in [0.29, 0.717) is 18.3 Å². The molecule has 3 nitrogen and oxygen atoms in total. The molecule has 0 unspecified atom stereocenters. The number of aromatic carboxylic acids is 1. The van der Waals surface area contributed by atoms with Crippen molar-refractivity contribution in [2.24, 2.45) is 11.8 Å². The van der Waals surface area contributed by atoms with E-state index in [-0.39, 0.29) is 5.56 Å². The summed E-state index contributed by atoms with van der Waals surface area (Å²) in [4.78, 5) is 10.8. The first kappa shape index (κ1) is 11.0. The average molecular weight is 220 g/mol. The molecule has 0 radical (unpaired) electrons. The van der Waals surface area contributed by atoms with Crippen LogP contribution in [0.2, 0.25) is 0 Å². The van der Waals surface area contributed by atoms with Crippen molar-refractivity contribution in [2.45, 2.75) is 19.8 Å². The van der Waals surface area contributed by atoms with Crippen molar-refractivity contribution in [1.82, 2.24) is 0 Å². The molecule has 16 heavy (non-hydrogen) atoms. The number of hydrogen-bond donors (Lipinski definition) is 1. The van der Waals surface area contributed by atoms with Gasteiger partial charge in [0.25, 0.3) is 0 Å². The molecule has 1 aliphatic carbocycles. The van der Waals surface area contributed by atoms with Crippen LogP contribution in [0.3, 0.4) is 0 Å². The molecule has 1 saturated carbocycles. The fraction of sp³-hybridized carbons (Fsp3) is 0.462. The normalized spacial score (nSPS) is 23.6. The van der Waals surface area contributed by atoms with Gasteiger partial charge in [0.15, 0.2) is 0 Å². The number of hydrogen-bond acceptors (Lipinski definition) is 2. The number of carboxylic acid groups (broad SMARTS) is 1. The number of ether oxygens (including phenoxy) is 1. The van der Waals surface area contributed by atoms with Gasteiger partial charge in [-0.1, -0.05) is 13.0 Å². The van der Waals surface area contributed by atoms with E-state index in [0.717, 1.165) is 5.92 Å². The number of benzene rings is 1. The predicted octanol–water partition coefficient (Wildman–Crippen LogP) is 2.81. The molecule has 0 spiro atoms. The lowest BCUT2D eigenvalue weighted by atomic mass is 9.75. The second kappa shape index (κ2) is 4.56. The molecule has 0 saturated heterocycles. The Morgan fingerprint density at radius 3 is 2.88 bits per heavy atom. The van der Waals surface area contributed by atoms with E-state index < -0.39 is 5.97 Å². The van der Waals surface area contributed by atoms with Crippen molar-refractivity contribution in [3.05, 3.63) is 29.8 Å². The van der Waals surface area contributed by atoms with E-state index in [1.807, 2.05) is 0 Å². The first-order valence-electron chi connectivity index (χ1n) is 5.63. The number of carboxylic acids is 1. The minimum atomic E-state index is -0.914. The van der Waals surface area contributed by atoms with E-state index in [2.05, 4.69) is 6.92 Å². The topological polar surface area (TPSA) is 46.5 Å². The molecule has 1 aliphatic rings. The molecule has 2 rings (SSSR count). The Labute approximate surface area is 95.0 Å². The largest absolute Gasteiger partial charge is 0.493 e. The van der Waals surface area contributed by atoms with E-state index in [9.17, 15) is 4.79 Å². The SMILES string of the molecule is C[C@H]1CC[C@@H]1COc1cccc(C(=O)O)c1. The smallest absolute Gasteiger partial charge is 0.335 e. The van der Waals surface area contributed by atoms with Gasteiger partial charge >= 0.3 is 5.97 Å². The first-order valence-corrected chi connectivity index (χ1v) is 5.63. The summed E-state index contributed by atoms with van der Waals surface area (Å²) < 4.78 is 5.61. The van der Waals surface area contributed by atoms with Crippen molar-refractivity contribution in [1.29, 1.82) is 0 Å². The van der Waals surface area contributed by atoms with E-state index in [4.69, 9.17) is 9.84 Å². The lowest BCUT2D eigenvalue weighted by molar-refractivity contribution is 0.0695. The summed E-state index contributed by atoms with van der Waals surface area (Å²) in [5.74, 6) is 1.11. The Kier molecular flexibility index (Phi) is 3.13. The fourth-order valence-corrected chi connectivity index (χ4v) is 1.91. The quantitative estimate of drug-likeness (QED) is 0.848. The van der Waals surface area contributed by atoms with Crippen LogP contribution >= 0.6 is 0 Å². The lowest BCUT2D eigenvalue weighted by Gasteiger charge is -2.33. The third-order valence-electron chi connectivity index (χ3n) is 3.34. The van der Waals surface area contributed by atoms with Gasteiger partial charge in [0, 0.05) is 0 Å². The average Bonchev–Trinajstić information content (AvgIpc) is 2.27. The third kappa shape index (κ3) is 2.35. The fourth-order valence-electron chi connectivity index (χ4n) is 1.91. The summed E-state index contributed by atoms with van der Waals surface area (Å²) in [6, 6.07) is 6.66. The molecular formula is C13H16O3. The molecule has 0 amide bonds. The third-order valence-corrected chi connectivity index (χ3v) is 3.34. The van der Waals surface area contributed by atoms with Crippen LogP contribution in [0.4, 0.5) is 0 Å². The molecule has 0 aromatic heterocycles. The highest BCUT2D eigenvalue weighted by Crippen LogP contribution is 2.33. The monoisotopic (exact) mass is 220 g/mol. The molecule has 0 bridgehead atoms. The van der Waals surface area contributed by atoms with Crippen LogP contribution in [0.1, 0.15) is 30.1 Å². The van der Waals surface area contributed by atoms with Crippen molar-refractivity contribution < 1.29 is 14.6 Å². The summed E-state index contributed by atoms with van der Waals surface area (Å²) in [5, 5.41) is 8.83. The minimum Gasteiger partial charge on any atom is -0.493 e. The summed E-state index contributed by atoms with van der Waals surface area (Å²) in [5.41, 5.74) is 0.277. The maximum absolute atomic E-state index is 10.8. The van der Waals surface area contributed by atoms with Crippen LogP contribution in [-0.2, 0) is 0 Å². The zero-order valence-electron chi connectivity index (χ0n) is 9.35. The van der Waals surface area contributed by atoms with Crippen LogP contribution in [0.15, 0.2) is 24.3 Å². The van der Waals surface area contributed by atoms with Crippen LogP contribution in [-0.4, -0.2) is 17.7 Å². The highest BCUT2D eigenvalue weighted by molar-refractivity contribution is 5.87. The molecule has 3 heteroatoms. The standard InChI is InChI=1S/C13H16O3/c1-9-5-6-11(9)8-16-12-4-2-3-10(7-12)13(14)15/h2-4,7,9,11H,5-6,8H2,1H3,(H,14,15)/t9-,11+/m0/s1. The van der Waals surface area contributed by atoms with Crippen molar-refractivity contribution >= 4 is 5.97 Å². The molecule has 2 atom stereocenters. The summed E-state index contributed by atoms with van der Waals surface area (Å²) >= 11 is 0. The molecule has 1 aromatic rings. The Morgan fingerprint density at radius 1 is 1.50 bits per heavy atom. The maximum atomic E-state index is 10.8. The second-order valence-electron chi connectivity index (χ2n) is 4.46. The van der Waals surface area contributed by atoms with Gasteiger partial charge in [-0.25, -0.2) is 4.79 Å². The van der Waals surface area contributed by atoms with Gasteiger partial charge in [0.1, 0.15) is 5.75 Å². The summed E-state index contributed by atoms with van der Waals surface area (Å²) in [6.07, 6.45) is 2.50. The number of rotatable bonds is 4. The lowest BCUT2D eigenvalue weighted by Crippen LogP contribution is -2.28. The Balaban J connectivity index is 1.93. The predicted molar refractivity (Wildman–Crippen MR) is 60.8 cm³/mol. The van der Waals surface area contributed by atoms with Gasteiger partial charge < -0.3 is 9.84 Å². The van der Waals surface area contributed by atoms with E-state index in [1.165, 1.54) is 12.8 Å². The summed E-state index contributed by atoms with van der Waals surface area (Å²) in [6.45, 7) is 2.93. The second-order valence-corrected chi connectivity index (χ2v) is 4.46. The molecule has 86 valence electrons. The molecule has 1 fully saturated rings.